The lowest BCUT2D eigenvalue weighted by Gasteiger charge is -2.34. The summed E-state index contributed by atoms with van der Waals surface area (Å²) in [6.07, 6.45) is 3.03. The largest absolute Gasteiger partial charge is 0.369 e. The molecule has 10 nitrogen and oxygen atoms in total. The Labute approximate surface area is 231 Å². The highest BCUT2D eigenvalue weighted by Gasteiger charge is 2.53. The first-order valence-electron chi connectivity index (χ1n) is 14.5. The van der Waals surface area contributed by atoms with Gasteiger partial charge >= 0.3 is 6.03 Å². The van der Waals surface area contributed by atoms with Gasteiger partial charge in [0.15, 0.2) is 5.78 Å². The van der Waals surface area contributed by atoms with Gasteiger partial charge in [-0.05, 0) is 62.9 Å². The Hall–Kier alpha value is -3.14. The number of urea groups is 1. The summed E-state index contributed by atoms with van der Waals surface area (Å²) in [6, 6.07) is 5.83. The molecule has 4 heterocycles. The number of likely N-dealkylation sites (N-methyl/N-ethyl adjacent to an activating group) is 1. The van der Waals surface area contributed by atoms with Crippen molar-refractivity contribution in [1.82, 2.24) is 24.9 Å². The van der Waals surface area contributed by atoms with Crippen molar-refractivity contribution in [2.45, 2.75) is 57.7 Å². The molecule has 0 radical (unpaired) electrons. The predicted molar refractivity (Wildman–Crippen MR) is 149 cm³/mol. The average Bonchev–Trinajstić information content (AvgIpc) is 3.67. The van der Waals surface area contributed by atoms with E-state index in [1.54, 1.807) is 9.80 Å². The van der Waals surface area contributed by atoms with Crippen LogP contribution in [0.2, 0.25) is 0 Å². The van der Waals surface area contributed by atoms with Crippen LogP contribution in [0.1, 0.15) is 49.9 Å². The molecule has 39 heavy (non-hydrogen) atoms. The highest BCUT2D eigenvalue weighted by atomic mass is 16.2. The zero-order valence-corrected chi connectivity index (χ0v) is 23.5. The van der Waals surface area contributed by atoms with E-state index in [2.05, 4.69) is 22.2 Å². The number of ketones is 1. The van der Waals surface area contributed by atoms with Crippen LogP contribution in [0.3, 0.4) is 0 Å². The number of likely N-dealkylation sites (tertiary alicyclic amines) is 3. The van der Waals surface area contributed by atoms with Crippen LogP contribution in [0.5, 0.6) is 0 Å². The minimum absolute atomic E-state index is 0.0509. The Morgan fingerprint density at radius 2 is 1.59 bits per heavy atom. The molecule has 3 atom stereocenters. The van der Waals surface area contributed by atoms with Crippen molar-refractivity contribution in [3.05, 3.63) is 29.8 Å². The predicted octanol–water partition coefficient (Wildman–Crippen LogP) is 1.65. The molecule has 1 aromatic rings. The zero-order chi connectivity index (χ0) is 27.7. The molecule has 4 saturated heterocycles. The van der Waals surface area contributed by atoms with E-state index in [4.69, 9.17) is 0 Å². The van der Waals surface area contributed by atoms with Crippen LogP contribution < -0.4 is 10.2 Å². The van der Waals surface area contributed by atoms with Gasteiger partial charge in [-0.1, -0.05) is 13.8 Å². The van der Waals surface area contributed by atoms with Crippen molar-refractivity contribution in [2.24, 2.45) is 5.92 Å². The molecular formula is C29H42N6O4. The maximum Gasteiger partial charge on any atom is 0.320 e. The van der Waals surface area contributed by atoms with E-state index in [9.17, 15) is 19.2 Å². The molecule has 1 N–H and O–H groups in total. The molecule has 5 rings (SSSR count). The number of nitrogens with one attached hydrogen (secondary N) is 1. The van der Waals surface area contributed by atoms with E-state index in [0.29, 0.717) is 24.9 Å². The van der Waals surface area contributed by atoms with Gasteiger partial charge < -0.3 is 29.8 Å². The Kier molecular flexibility index (Phi) is 8.11. The Morgan fingerprint density at radius 1 is 0.923 bits per heavy atom. The van der Waals surface area contributed by atoms with Crippen LogP contribution in [-0.2, 0) is 9.59 Å². The maximum absolute atomic E-state index is 13.8. The lowest BCUT2D eigenvalue weighted by atomic mass is 10.0. The Bertz CT molecular complexity index is 1080. The second kappa shape index (κ2) is 11.5. The van der Waals surface area contributed by atoms with Gasteiger partial charge in [0, 0.05) is 57.1 Å². The molecule has 0 saturated carbocycles. The van der Waals surface area contributed by atoms with Crippen molar-refractivity contribution in [2.75, 3.05) is 64.3 Å². The fourth-order valence-electron chi connectivity index (χ4n) is 6.44. The van der Waals surface area contributed by atoms with Crippen LogP contribution in [0.15, 0.2) is 24.3 Å². The molecule has 10 heteroatoms. The minimum Gasteiger partial charge on any atom is -0.369 e. The standard InChI is InChI=1S/C29H42N6O4/c1-20(2)18-23(30-27(37)21-6-8-22(9-7-21)32-16-14-31(3)15-17-32)28(38)34-13-10-24-26(34)25(36)19-35(24)29(39)33-11-4-5-12-33/h6-9,20,23-24,26H,4-5,10-19H2,1-3H3,(H,30,37). The first-order chi connectivity index (χ1) is 18.7. The molecule has 4 aliphatic rings. The van der Waals surface area contributed by atoms with Crippen molar-refractivity contribution in [3.8, 4) is 0 Å². The van der Waals surface area contributed by atoms with Crippen LogP contribution in [0, 0.1) is 5.92 Å². The second-order valence-corrected chi connectivity index (χ2v) is 11.9. The first kappa shape index (κ1) is 27.4. The molecule has 1 aromatic carbocycles. The minimum atomic E-state index is -0.732. The van der Waals surface area contributed by atoms with Crippen LogP contribution in [0.25, 0.3) is 0 Å². The van der Waals surface area contributed by atoms with Crippen molar-refractivity contribution >= 4 is 29.3 Å². The molecule has 0 spiro atoms. The number of hydrogen-bond donors (Lipinski definition) is 1. The summed E-state index contributed by atoms with van der Waals surface area (Å²) in [5.74, 6) is -0.446. The number of carbonyl (C=O) groups is 4. The summed E-state index contributed by atoms with van der Waals surface area (Å²) < 4.78 is 0. The van der Waals surface area contributed by atoms with Crippen LogP contribution >= 0.6 is 0 Å². The Balaban J connectivity index is 1.25. The van der Waals surface area contributed by atoms with E-state index < -0.39 is 12.1 Å². The Morgan fingerprint density at radius 3 is 2.23 bits per heavy atom. The fraction of sp³-hybridized carbons (Fsp3) is 0.655. The molecule has 0 aliphatic carbocycles. The lowest BCUT2D eigenvalue weighted by molar-refractivity contribution is -0.138. The van der Waals surface area contributed by atoms with Gasteiger partial charge in [-0.25, -0.2) is 4.79 Å². The van der Waals surface area contributed by atoms with Gasteiger partial charge in [-0.3, -0.25) is 14.4 Å². The topological polar surface area (TPSA) is 96.5 Å². The van der Waals surface area contributed by atoms with E-state index in [1.165, 1.54) is 0 Å². The van der Waals surface area contributed by atoms with E-state index in [1.807, 2.05) is 43.0 Å². The SMILES string of the molecule is CC(C)CC(NC(=O)c1ccc(N2CCN(C)CC2)cc1)C(=O)N1CCC2C1C(=O)CN2C(=O)N1CCCC1. The molecule has 212 valence electrons. The molecular weight excluding hydrogens is 496 g/mol. The number of hydrogen-bond acceptors (Lipinski definition) is 6. The van der Waals surface area contributed by atoms with Crippen molar-refractivity contribution < 1.29 is 19.2 Å². The van der Waals surface area contributed by atoms with E-state index >= 15 is 0 Å². The molecule has 0 bridgehead atoms. The highest BCUT2D eigenvalue weighted by Crippen LogP contribution is 2.32. The number of rotatable bonds is 6. The van der Waals surface area contributed by atoms with Gasteiger partial charge in [-0.15, -0.1) is 0 Å². The third-order valence-corrected chi connectivity index (χ3v) is 8.64. The molecule has 3 unspecified atom stereocenters. The monoisotopic (exact) mass is 538 g/mol. The normalized spacial score (nSPS) is 24.5. The van der Waals surface area contributed by atoms with Crippen LogP contribution in [-0.4, -0.2) is 121 Å². The van der Waals surface area contributed by atoms with Gasteiger partial charge in [0.25, 0.3) is 5.91 Å². The average molecular weight is 539 g/mol. The molecule has 4 aliphatic heterocycles. The van der Waals surface area contributed by atoms with Crippen molar-refractivity contribution in [3.63, 3.8) is 0 Å². The summed E-state index contributed by atoms with van der Waals surface area (Å²) in [4.78, 5) is 62.9. The number of benzene rings is 1. The molecule has 0 aromatic heterocycles. The lowest BCUT2D eigenvalue weighted by Crippen LogP contribution is -2.53. The number of amides is 4. The third kappa shape index (κ3) is 5.76. The zero-order valence-electron chi connectivity index (χ0n) is 23.5. The van der Waals surface area contributed by atoms with Crippen molar-refractivity contribution in [1.29, 1.82) is 0 Å². The van der Waals surface area contributed by atoms with Gasteiger partial charge in [-0.2, -0.15) is 0 Å². The number of nitrogens with zero attached hydrogens (tertiary/aromatic N) is 5. The number of piperazine rings is 1. The summed E-state index contributed by atoms with van der Waals surface area (Å²) in [7, 11) is 2.12. The third-order valence-electron chi connectivity index (χ3n) is 8.64. The van der Waals surface area contributed by atoms with E-state index in [0.717, 1.165) is 57.8 Å². The van der Waals surface area contributed by atoms with Gasteiger partial charge in [0.1, 0.15) is 12.1 Å². The second-order valence-electron chi connectivity index (χ2n) is 11.9. The molecule has 4 amide bonds. The van der Waals surface area contributed by atoms with Crippen LogP contribution in [0.4, 0.5) is 10.5 Å². The summed E-state index contributed by atoms with van der Waals surface area (Å²) in [5, 5.41) is 2.97. The maximum atomic E-state index is 13.8. The summed E-state index contributed by atoms with van der Waals surface area (Å²) in [5.41, 5.74) is 1.60. The summed E-state index contributed by atoms with van der Waals surface area (Å²) >= 11 is 0. The van der Waals surface area contributed by atoms with Gasteiger partial charge in [0.2, 0.25) is 5.91 Å². The number of anilines is 1. The van der Waals surface area contributed by atoms with Gasteiger partial charge in [0.05, 0.1) is 12.6 Å². The molecule has 4 fully saturated rings. The number of fused-ring (bicyclic) bond motifs is 1. The fourth-order valence-corrected chi connectivity index (χ4v) is 6.44. The smallest absolute Gasteiger partial charge is 0.320 e. The number of carbonyl (C=O) groups excluding carboxylic acids is 4. The van der Waals surface area contributed by atoms with E-state index in [-0.39, 0.29) is 42.1 Å². The number of Topliss-reactive ketones (excluding diaryl/α,β-unsaturated/α-hetero) is 1. The summed E-state index contributed by atoms with van der Waals surface area (Å²) in [6.45, 7) is 9.85. The quantitative estimate of drug-likeness (QED) is 0.592. The highest BCUT2D eigenvalue weighted by molar-refractivity contribution is 6.00. The first-order valence-corrected chi connectivity index (χ1v) is 14.5.